The molecule has 0 amide bonds. The summed E-state index contributed by atoms with van der Waals surface area (Å²) in [5.41, 5.74) is -1.68. The Morgan fingerprint density at radius 1 is 0.697 bits per heavy atom. The smallest absolute Gasteiger partial charge is 0.202 e. The highest BCUT2D eigenvalue weighted by atomic mass is 16.7. The Morgan fingerprint density at radius 3 is 1.72 bits per heavy atom. The number of rotatable bonds is 15. The number of Topliss-reactive ketones (excluding diaryl/α,β-unsaturated/α-hetero) is 3. The zero-order valence-corrected chi connectivity index (χ0v) is 43.9. The summed E-state index contributed by atoms with van der Waals surface area (Å²) >= 11 is 0. The van der Waals surface area contributed by atoms with Gasteiger partial charge in [0.15, 0.2) is 42.5 Å². The minimum atomic E-state index is -1.95. The molecule has 24 nitrogen and oxygen atoms in total. The number of aliphatic hydroxyl groups is 8. The topological polar surface area (TPSA) is 355 Å². The van der Waals surface area contributed by atoms with Crippen LogP contribution in [0.5, 0.6) is 17.2 Å². The number of benzene rings is 2. The normalized spacial score (nSPS) is 41.5. The van der Waals surface area contributed by atoms with E-state index in [1.165, 1.54) is 53.9 Å². The lowest BCUT2D eigenvalue weighted by atomic mass is 9.75. The molecule has 24 heteroatoms. The third-order valence-electron chi connectivity index (χ3n) is 15.7. The molecule has 6 aliphatic rings. The summed E-state index contributed by atoms with van der Waals surface area (Å²) in [5.74, 6) is -4.61. The van der Waals surface area contributed by atoms with Gasteiger partial charge in [0.2, 0.25) is 6.29 Å². The highest BCUT2D eigenvalue weighted by molar-refractivity contribution is 6.11. The molecule has 0 aromatic heterocycles. The number of carbonyl (C=O) groups excluding carboxylic acids is 3. The van der Waals surface area contributed by atoms with Crippen LogP contribution in [0.1, 0.15) is 102 Å². The largest absolute Gasteiger partial charge is 0.507 e. The summed E-state index contributed by atoms with van der Waals surface area (Å²) in [6.45, 7) is 11.9. The number of phenolic OH excluding ortho intramolecular Hbond substituents is 2. The molecule has 426 valence electrons. The van der Waals surface area contributed by atoms with E-state index < -0.39 is 176 Å². The minimum absolute atomic E-state index is 0.0386. The molecule has 8 rings (SSSR count). The standard InChI is InChI=1S/C52H74O24/c1-18-29(72-34-14-30(43(58)21(4)68-34)73-33-13-28(54)42(57)20(3)67-33)12-26-10-25-11-27(49(66-9)48(63)41(56)19(2)53)50(47(62)39(25)46(61)38(26)40(18)55)76-36-16-31(44(59)23(6)70-36)74-35-15-32(45(60)22(5)69-35)75-37-17-52(8,65)51(64)24(7)71-37/h10,12,19-24,27-28,30-37,41-45,49-50,53-61,65H,11,13-17H2,1-9H3/t19-,20-,21-,22-,23-,24-,27+,28-,30-,31-,32-,33+,34+,35+,36+,37+,41+,42-,43-,44-,45+,49+,50+,52+/m1/s1. The minimum Gasteiger partial charge on any atom is -0.507 e. The molecule has 10 N–H and O–H groups in total. The molecule has 0 saturated carbocycles. The van der Waals surface area contributed by atoms with Gasteiger partial charge < -0.3 is 103 Å². The molecule has 0 radical (unpaired) electrons. The van der Waals surface area contributed by atoms with Gasteiger partial charge in [-0.1, -0.05) is 0 Å². The van der Waals surface area contributed by atoms with Crippen LogP contribution in [0.4, 0.5) is 0 Å². The first-order chi connectivity index (χ1) is 35.7. The zero-order valence-electron chi connectivity index (χ0n) is 43.9. The van der Waals surface area contributed by atoms with Crippen LogP contribution in [0, 0.1) is 12.8 Å². The Hall–Kier alpha value is -3.61. The van der Waals surface area contributed by atoms with E-state index in [2.05, 4.69) is 0 Å². The first kappa shape index (κ1) is 58.5. The Balaban J connectivity index is 1.04. The number of aliphatic hydroxyl groups excluding tert-OH is 7. The average Bonchev–Trinajstić information content (AvgIpc) is 3.38. The number of methoxy groups -OCH3 is 1. The summed E-state index contributed by atoms with van der Waals surface area (Å²) in [7, 11) is 1.18. The molecule has 5 saturated heterocycles. The van der Waals surface area contributed by atoms with Crippen LogP contribution in [-0.2, 0) is 63.4 Å². The van der Waals surface area contributed by atoms with Crippen LogP contribution in [-0.4, -0.2) is 216 Å². The van der Waals surface area contributed by atoms with E-state index in [0.29, 0.717) is 0 Å². The van der Waals surface area contributed by atoms with Gasteiger partial charge in [-0.25, -0.2) is 0 Å². The maximum atomic E-state index is 15.0. The lowest BCUT2D eigenvalue weighted by Crippen LogP contribution is -2.57. The first-order valence-electron chi connectivity index (χ1n) is 25.9. The van der Waals surface area contributed by atoms with Crippen molar-refractivity contribution in [2.24, 2.45) is 5.92 Å². The average molecular weight is 1080 g/mol. The Kier molecular flexibility index (Phi) is 17.9. The van der Waals surface area contributed by atoms with Crippen molar-refractivity contribution in [1.82, 2.24) is 0 Å². The number of phenols is 2. The molecule has 0 spiro atoms. The van der Waals surface area contributed by atoms with Gasteiger partial charge in [-0.3, -0.25) is 14.4 Å². The lowest BCUT2D eigenvalue weighted by molar-refractivity contribution is -0.325. The molecular formula is C52H74O24. The maximum Gasteiger partial charge on any atom is 0.202 e. The van der Waals surface area contributed by atoms with Gasteiger partial charge in [0, 0.05) is 50.7 Å². The summed E-state index contributed by atoms with van der Waals surface area (Å²) in [6.07, 6.45) is -26.4. The molecule has 0 bridgehead atoms. The second kappa shape index (κ2) is 23.2. The molecule has 76 heavy (non-hydrogen) atoms. The maximum absolute atomic E-state index is 15.0. The first-order valence-corrected chi connectivity index (χ1v) is 25.9. The third kappa shape index (κ3) is 11.8. The van der Waals surface area contributed by atoms with Crippen molar-refractivity contribution in [2.45, 2.75) is 235 Å². The van der Waals surface area contributed by atoms with Gasteiger partial charge in [-0.15, -0.1) is 0 Å². The fourth-order valence-electron chi connectivity index (χ4n) is 11.2. The number of carbonyl (C=O) groups is 3. The summed E-state index contributed by atoms with van der Waals surface area (Å²) in [5, 5.41) is 110. The number of aromatic hydroxyl groups is 2. The molecule has 5 heterocycles. The Morgan fingerprint density at radius 2 is 1.20 bits per heavy atom. The second-order valence-electron chi connectivity index (χ2n) is 21.5. The van der Waals surface area contributed by atoms with Gasteiger partial charge in [-0.2, -0.15) is 0 Å². The molecule has 2 aromatic carbocycles. The number of fused-ring (bicyclic) bond motifs is 2. The number of ether oxygens (including phenoxy) is 11. The van der Waals surface area contributed by atoms with Crippen LogP contribution in [0.3, 0.4) is 0 Å². The predicted octanol–water partition coefficient (Wildman–Crippen LogP) is -0.0411. The SMILES string of the molecule is CO[C@H](C(=O)[C@@H](O)[C@@H](C)O)[C@@H]1Cc2cc3cc(O[C@H]4C[C@@H](O[C@H]5C[C@@H](O)[C@H](O)[C@@H](C)O5)[C@H](O)[C@@H](C)O4)c(C)c(O)c3c(O)c2C(=O)[C@H]1O[C@H]1C[C@@H](O[C@H]2C[C@@H](O[C@H]3C[C@](C)(O)C(=O)[C@@H](C)O3)[C@@H](O)[C@@H](C)O2)[C@H](O)[C@@H](C)O1. The van der Waals surface area contributed by atoms with Gasteiger partial charge in [0.05, 0.1) is 65.9 Å². The monoisotopic (exact) mass is 1080 g/mol. The fourth-order valence-corrected chi connectivity index (χ4v) is 11.2. The predicted molar refractivity (Wildman–Crippen MR) is 258 cm³/mol. The lowest BCUT2D eigenvalue weighted by Gasteiger charge is -2.45. The quantitative estimate of drug-likeness (QED) is 0.112. The third-order valence-corrected chi connectivity index (χ3v) is 15.7. The zero-order chi connectivity index (χ0) is 55.6. The summed E-state index contributed by atoms with van der Waals surface area (Å²) < 4.78 is 66.3. The number of hydrogen-bond donors (Lipinski definition) is 10. The van der Waals surface area contributed by atoms with E-state index >= 15 is 4.79 Å². The van der Waals surface area contributed by atoms with Gasteiger partial charge in [0.1, 0.15) is 71.7 Å². The van der Waals surface area contributed by atoms with Crippen molar-refractivity contribution in [1.29, 1.82) is 0 Å². The molecule has 24 atom stereocenters. The highest BCUT2D eigenvalue weighted by Crippen LogP contribution is 2.47. The van der Waals surface area contributed by atoms with Crippen molar-refractivity contribution >= 4 is 28.1 Å². The summed E-state index contributed by atoms with van der Waals surface area (Å²) in [6, 6.07) is 3.02. The van der Waals surface area contributed by atoms with Crippen LogP contribution >= 0.6 is 0 Å². The van der Waals surface area contributed by atoms with Crippen molar-refractivity contribution in [2.75, 3.05) is 7.11 Å². The molecule has 0 unspecified atom stereocenters. The van der Waals surface area contributed by atoms with Gasteiger partial charge in [0.25, 0.3) is 0 Å². The van der Waals surface area contributed by atoms with E-state index in [9.17, 15) is 60.7 Å². The van der Waals surface area contributed by atoms with Crippen molar-refractivity contribution in [3.63, 3.8) is 0 Å². The number of ketones is 3. The van der Waals surface area contributed by atoms with E-state index in [0.717, 1.165) is 0 Å². The van der Waals surface area contributed by atoms with Crippen molar-refractivity contribution in [3.05, 3.63) is 28.8 Å². The van der Waals surface area contributed by atoms with E-state index in [1.807, 2.05) is 0 Å². The van der Waals surface area contributed by atoms with Crippen LogP contribution in [0.15, 0.2) is 12.1 Å². The molecule has 2 aromatic rings. The molecular weight excluding hydrogens is 1010 g/mol. The van der Waals surface area contributed by atoms with Crippen molar-refractivity contribution < 1.29 is 118 Å². The Labute approximate surface area is 438 Å². The van der Waals surface area contributed by atoms with Gasteiger partial charge in [-0.05, 0) is 84.9 Å². The number of hydrogen-bond acceptors (Lipinski definition) is 24. The van der Waals surface area contributed by atoms with E-state index in [4.69, 9.17) is 52.1 Å². The Bertz CT molecular complexity index is 2400. The fraction of sp³-hybridized carbons (Fsp3) is 0.750. The van der Waals surface area contributed by atoms with E-state index in [-0.39, 0.29) is 71.7 Å². The van der Waals surface area contributed by atoms with Crippen LogP contribution in [0.25, 0.3) is 10.8 Å². The van der Waals surface area contributed by atoms with Gasteiger partial charge >= 0.3 is 0 Å². The van der Waals surface area contributed by atoms with Crippen LogP contribution in [0.2, 0.25) is 0 Å². The van der Waals surface area contributed by atoms with E-state index in [1.54, 1.807) is 20.8 Å². The van der Waals surface area contributed by atoms with Crippen molar-refractivity contribution in [3.8, 4) is 17.2 Å². The van der Waals surface area contributed by atoms with Crippen LogP contribution < -0.4 is 4.74 Å². The second-order valence-corrected chi connectivity index (χ2v) is 21.5. The molecule has 1 aliphatic carbocycles. The highest BCUT2D eigenvalue weighted by Gasteiger charge is 2.51. The molecule has 5 fully saturated rings. The summed E-state index contributed by atoms with van der Waals surface area (Å²) in [4.78, 5) is 41.4. The molecule has 5 aliphatic heterocycles.